The molecule has 0 unspecified atom stereocenters. The maximum Gasteiger partial charge on any atom is 0.339 e. The topological polar surface area (TPSA) is 95.4 Å². The van der Waals surface area contributed by atoms with Gasteiger partial charge in [-0.3, -0.25) is 0 Å². The van der Waals surface area contributed by atoms with Gasteiger partial charge in [0.2, 0.25) is 0 Å². The van der Waals surface area contributed by atoms with Crippen LogP contribution >= 0.6 is 23.2 Å². The largest absolute Gasteiger partial charge is 0.397 e. The SMILES string of the molecule is Nc1ccc(S(=O)(=O)Oc2cc(Cl)ccc2Cl)cc1N. The van der Waals surface area contributed by atoms with Crippen LogP contribution < -0.4 is 15.7 Å². The Morgan fingerprint density at radius 1 is 0.950 bits per heavy atom. The van der Waals surface area contributed by atoms with Gasteiger partial charge in [0, 0.05) is 11.1 Å². The fraction of sp³-hybridized carbons (Fsp3) is 0. The summed E-state index contributed by atoms with van der Waals surface area (Å²) in [5.41, 5.74) is 11.5. The third-order valence-corrected chi connectivity index (χ3v) is 4.22. The molecule has 0 aliphatic carbocycles. The minimum Gasteiger partial charge on any atom is -0.397 e. The summed E-state index contributed by atoms with van der Waals surface area (Å²) in [6.07, 6.45) is 0. The van der Waals surface area contributed by atoms with Gasteiger partial charge in [-0.15, -0.1) is 0 Å². The Balaban J connectivity index is 2.40. The molecule has 0 aliphatic rings. The van der Waals surface area contributed by atoms with E-state index in [2.05, 4.69) is 0 Å². The molecule has 5 nitrogen and oxygen atoms in total. The number of halogens is 2. The van der Waals surface area contributed by atoms with Crippen LogP contribution in [0.4, 0.5) is 11.4 Å². The van der Waals surface area contributed by atoms with Crippen molar-refractivity contribution in [3.8, 4) is 5.75 Å². The zero-order valence-electron chi connectivity index (χ0n) is 10.0. The third-order valence-electron chi connectivity index (χ3n) is 2.44. The van der Waals surface area contributed by atoms with E-state index in [1.54, 1.807) is 0 Å². The van der Waals surface area contributed by atoms with E-state index in [1.807, 2.05) is 0 Å². The molecule has 0 spiro atoms. The summed E-state index contributed by atoms with van der Waals surface area (Å²) in [6.45, 7) is 0. The molecule has 0 fully saturated rings. The van der Waals surface area contributed by atoms with Gasteiger partial charge in [0.25, 0.3) is 0 Å². The second kappa shape index (κ2) is 5.40. The summed E-state index contributed by atoms with van der Waals surface area (Å²) in [4.78, 5) is -0.125. The maximum atomic E-state index is 12.1. The fourth-order valence-corrected chi connectivity index (χ4v) is 2.76. The zero-order chi connectivity index (χ0) is 14.9. The van der Waals surface area contributed by atoms with Crippen LogP contribution in [0, 0.1) is 0 Å². The van der Waals surface area contributed by atoms with Gasteiger partial charge in [-0.05, 0) is 30.3 Å². The number of nitrogens with two attached hydrogens (primary N) is 2. The molecule has 0 radical (unpaired) electrons. The van der Waals surface area contributed by atoms with Crippen LogP contribution in [-0.2, 0) is 10.1 Å². The van der Waals surface area contributed by atoms with Crippen molar-refractivity contribution in [2.45, 2.75) is 4.90 Å². The van der Waals surface area contributed by atoms with E-state index in [-0.39, 0.29) is 27.0 Å². The van der Waals surface area contributed by atoms with E-state index in [4.69, 9.17) is 38.9 Å². The van der Waals surface area contributed by atoms with Crippen molar-refractivity contribution in [1.82, 2.24) is 0 Å². The molecule has 0 saturated heterocycles. The summed E-state index contributed by atoms with van der Waals surface area (Å²) in [7, 11) is -4.07. The number of hydrogen-bond acceptors (Lipinski definition) is 5. The lowest BCUT2D eigenvalue weighted by Crippen LogP contribution is -2.11. The number of anilines is 2. The monoisotopic (exact) mass is 332 g/mol. The molecule has 0 amide bonds. The van der Waals surface area contributed by atoms with Gasteiger partial charge in [-0.1, -0.05) is 23.2 Å². The second-order valence-corrected chi connectivity index (χ2v) is 6.29. The van der Waals surface area contributed by atoms with Gasteiger partial charge in [0.1, 0.15) is 4.90 Å². The second-order valence-electron chi connectivity index (χ2n) is 3.90. The van der Waals surface area contributed by atoms with Crippen LogP contribution in [0.25, 0.3) is 0 Å². The molecule has 4 N–H and O–H groups in total. The van der Waals surface area contributed by atoms with Gasteiger partial charge >= 0.3 is 10.1 Å². The van der Waals surface area contributed by atoms with Crippen LogP contribution in [-0.4, -0.2) is 8.42 Å². The first-order chi connectivity index (χ1) is 9.29. The first kappa shape index (κ1) is 14.8. The summed E-state index contributed by atoms with van der Waals surface area (Å²) < 4.78 is 29.2. The van der Waals surface area contributed by atoms with Crippen LogP contribution in [0.15, 0.2) is 41.3 Å². The smallest absolute Gasteiger partial charge is 0.339 e. The lowest BCUT2D eigenvalue weighted by molar-refractivity contribution is 0.486. The van der Waals surface area contributed by atoms with Crippen molar-refractivity contribution in [3.63, 3.8) is 0 Å². The third kappa shape index (κ3) is 3.09. The van der Waals surface area contributed by atoms with Gasteiger partial charge < -0.3 is 15.7 Å². The van der Waals surface area contributed by atoms with E-state index >= 15 is 0 Å². The molecule has 0 aromatic heterocycles. The summed E-state index contributed by atoms with van der Waals surface area (Å²) >= 11 is 11.6. The highest BCUT2D eigenvalue weighted by molar-refractivity contribution is 7.87. The van der Waals surface area contributed by atoms with Gasteiger partial charge in [-0.2, -0.15) is 8.42 Å². The Morgan fingerprint density at radius 2 is 1.65 bits per heavy atom. The van der Waals surface area contributed by atoms with E-state index in [9.17, 15) is 8.42 Å². The van der Waals surface area contributed by atoms with Crippen LogP contribution in [0.1, 0.15) is 0 Å². The highest BCUT2D eigenvalue weighted by atomic mass is 35.5. The molecular formula is C12H10Cl2N2O3S. The molecule has 2 aromatic carbocycles. The van der Waals surface area contributed by atoms with Crippen LogP contribution in [0.2, 0.25) is 10.0 Å². The van der Waals surface area contributed by atoms with E-state index in [0.29, 0.717) is 5.02 Å². The zero-order valence-corrected chi connectivity index (χ0v) is 12.3. The highest BCUT2D eigenvalue weighted by Crippen LogP contribution is 2.31. The van der Waals surface area contributed by atoms with E-state index < -0.39 is 10.1 Å². The predicted molar refractivity (Wildman–Crippen MR) is 79.5 cm³/mol. The summed E-state index contributed by atoms with van der Waals surface area (Å²) in [5, 5.41) is 0.429. The summed E-state index contributed by atoms with van der Waals surface area (Å²) in [5.74, 6) is -0.0606. The number of benzene rings is 2. The molecule has 20 heavy (non-hydrogen) atoms. The average molecular weight is 333 g/mol. The van der Waals surface area contributed by atoms with Crippen LogP contribution in [0.5, 0.6) is 5.75 Å². The standard InChI is InChI=1S/C12H10Cl2N2O3S/c13-7-1-3-9(14)12(5-7)19-20(17,18)8-2-4-10(15)11(16)6-8/h1-6H,15-16H2. The van der Waals surface area contributed by atoms with Crippen LogP contribution in [0.3, 0.4) is 0 Å². The van der Waals surface area contributed by atoms with Gasteiger partial charge in [0.05, 0.1) is 16.4 Å². The predicted octanol–water partition coefficient (Wildman–Crippen LogP) is 2.93. The maximum absolute atomic E-state index is 12.1. The Labute approximate surface area is 126 Å². The Kier molecular flexibility index (Phi) is 3.99. The molecule has 8 heteroatoms. The first-order valence-electron chi connectivity index (χ1n) is 5.34. The average Bonchev–Trinajstić information content (AvgIpc) is 2.36. The molecule has 0 saturated carbocycles. The van der Waals surface area contributed by atoms with Crippen molar-refractivity contribution in [3.05, 3.63) is 46.4 Å². The van der Waals surface area contributed by atoms with E-state index in [1.165, 1.54) is 36.4 Å². The van der Waals surface area contributed by atoms with Crippen molar-refractivity contribution in [1.29, 1.82) is 0 Å². The molecule has 0 atom stereocenters. The van der Waals surface area contributed by atoms with Crippen molar-refractivity contribution < 1.29 is 12.6 Å². The molecule has 0 aliphatic heterocycles. The minimum atomic E-state index is -4.07. The van der Waals surface area contributed by atoms with Crippen molar-refractivity contribution >= 4 is 44.7 Å². The lowest BCUT2D eigenvalue weighted by atomic mass is 10.3. The molecule has 106 valence electrons. The quantitative estimate of drug-likeness (QED) is 0.665. The minimum absolute atomic E-state index is 0.0606. The number of hydrogen-bond donors (Lipinski definition) is 2. The molecule has 2 aromatic rings. The molecule has 2 rings (SSSR count). The van der Waals surface area contributed by atoms with Crippen molar-refractivity contribution in [2.75, 3.05) is 11.5 Å². The van der Waals surface area contributed by atoms with E-state index in [0.717, 1.165) is 0 Å². The molecule has 0 bridgehead atoms. The normalized spacial score (nSPS) is 11.3. The molecular weight excluding hydrogens is 323 g/mol. The van der Waals surface area contributed by atoms with Gasteiger partial charge in [0.15, 0.2) is 5.75 Å². The van der Waals surface area contributed by atoms with Crippen molar-refractivity contribution in [2.24, 2.45) is 0 Å². The number of rotatable bonds is 3. The lowest BCUT2D eigenvalue weighted by Gasteiger charge is -2.10. The summed E-state index contributed by atoms with van der Waals surface area (Å²) in [6, 6.07) is 8.15. The Hall–Kier alpha value is -1.63. The van der Waals surface area contributed by atoms with Gasteiger partial charge in [-0.25, -0.2) is 0 Å². The first-order valence-corrected chi connectivity index (χ1v) is 7.50. The Morgan fingerprint density at radius 3 is 2.30 bits per heavy atom. The Bertz CT molecular complexity index is 763. The highest BCUT2D eigenvalue weighted by Gasteiger charge is 2.19. The fourth-order valence-electron chi connectivity index (χ4n) is 1.42. The molecule has 0 heterocycles. The number of nitrogen functional groups attached to an aromatic ring is 2.